The molecule has 0 saturated carbocycles. The SMILES string of the molecule is C(=C\n1nnc2ccccc21)/c1cccnc1. The van der Waals surface area contributed by atoms with Crippen LogP contribution < -0.4 is 0 Å². The molecule has 0 amide bonds. The molecular weight excluding hydrogens is 212 g/mol. The minimum absolute atomic E-state index is 0.892. The first-order valence-corrected chi connectivity index (χ1v) is 5.32. The van der Waals surface area contributed by atoms with E-state index in [0.717, 1.165) is 16.6 Å². The molecule has 0 radical (unpaired) electrons. The third-order valence-corrected chi connectivity index (χ3v) is 2.47. The normalized spacial score (nSPS) is 11.3. The van der Waals surface area contributed by atoms with E-state index >= 15 is 0 Å². The van der Waals surface area contributed by atoms with Crippen molar-refractivity contribution in [3.05, 3.63) is 54.4 Å². The highest BCUT2D eigenvalue weighted by Crippen LogP contribution is 2.10. The zero-order valence-electron chi connectivity index (χ0n) is 9.06. The Morgan fingerprint density at radius 1 is 1.06 bits per heavy atom. The van der Waals surface area contributed by atoms with Crippen molar-refractivity contribution in [2.75, 3.05) is 0 Å². The predicted molar refractivity (Wildman–Crippen MR) is 67.0 cm³/mol. The van der Waals surface area contributed by atoms with E-state index in [1.54, 1.807) is 17.1 Å². The van der Waals surface area contributed by atoms with E-state index in [0.29, 0.717) is 0 Å². The maximum absolute atomic E-state index is 4.08. The molecule has 4 heteroatoms. The van der Waals surface area contributed by atoms with Gasteiger partial charge in [-0.3, -0.25) is 4.98 Å². The van der Waals surface area contributed by atoms with Gasteiger partial charge in [0, 0.05) is 18.6 Å². The summed E-state index contributed by atoms with van der Waals surface area (Å²) >= 11 is 0. The molecule has 0 aliphatic rings. The van der Waals surface area contributed by atoms with Gasteiger partial charge in [-0.25, -0.2) is 4.68 Å². The highest BCUT2D eigenvalue weighted by molar-refractivity contribution is 5.77. The lowest BCUT2D eigenvalue weighted by atomic mass is 10.3. The number of para-hydroxylation sites is 1. The Hall–Kier alpha value is -2.49. The number of hydrogen-bond donors (Lipinski definition) is 0. The quantitative estimate of drug-likeness (QED) is 0.669. The second-order valence-electron chi connectivity index (χ2n) is 3.62. The molecule has 0 saturated heterocycles. The molecule has 1 aromatic carbocycles. The van der Waals surface area contributed by atoms with E-state index in [1.807, 2.05) is 48.7 Å². The monoisotopic (exact) mass is 222 g/mol. The molecule has 3 aromatic rings. The number of hydrogen-bond acceptors (Lipinski definition) is 3. The van der Waals surface area contributed by atoms with Gasteiger partial charge < -0.3 is 0 Å². The van der Waals surface area contributed by atoms with E-state index < -0.39 is 0 Å². The van der Waals surface area contributed by atoms with Crippen molar-refractivity contribution >= 4 is 23.3 Å². The molecule has 0 bridgehead atoms. The van der Waals surface area contributed by atoms with Gasteiger partial charge in [-0.15, -0.1) is 5.10 Å². The maximum atomic E-state index is 4.08. The van der Waals surface area contributed by atoms with Crippen LogP contribution in [0.2, 0.25) is 0 Å². The van der Waals surface area contributed by atoms with Crippen LogP contribution in [0.3, 0.4) is 0 Å². The van der Waals surface area contributed by atoms with Crippen molar-refractivity contribution in [1.82, 2.24) is 20.0 Å². The van der Waals surface area contributed by atoms with Crippen molar-refractivity contribution in [3.63, 3.8) is 0 Å². The highest BCUT2D eigenvalue weighted by atomic mass is 15.4. The molecule has 2 heterocycles. The minimum Gasteiger partial charge on any atom is -0.264 e. The first kappa shape index (κ1) is 9.72. The fraction of sp³-hybridized carbons (Fsp3) is 0. The molecule has 0 aliphatic heterocycles. The molecule has 0 N–H and O–H groups in total. The van der Waals surface area contributed by atoms with Gasteiger partial charge in [-0.1, -0.05) is 23.4 Å². The van der Waals surface area contributed by atoms with Crippen LogP contribution >= 0.6 is 0 Å². The van der Waals surface area contributed by atoms with Gasteiger partial charge in [0.2, 0.25) is 0 Å². The van der Waals surface area contributed by atoms with Gasteiger partial charge >= 0.3 is 0 Å². The number of rotatable bonds is 2. The molecule has 0 fully saturated rings. The molecule has 0 unspecified atom stereocenters. The van der Waals surface area contributed by atoms with Crippen molar-refractivity contribution in [2.45, 2.75) is 0 Å². The third-order valence-electron chi connectivity index (χ3n) is 2.47. The van der Waals surface area contributed by atoms with Gasteiger partial charge in [-0.2, -0.15) is 0 Å². The summed E-state index contributed by atoms with van der Waals surface area (Å²) in [5.41, 5.74) is 2.92. The summed E-state index contributed by atoms with van der Waals surface area (Å²) in [5, 5.41) is 8.15. The standard InChI is InChI=1S/C13H10N4/c1-2-6-13-12(5-1)15-16-17(13)9-7-11-4-3-8-14-10-11/h1-10H/b9-7+. The molecule has 4 nitrogen and oxygen atoms in total. The summed E-state index contributed by atoms with van der Waals surface area (Å²) < 4.78 is 1.75. The summed E-state index contributed by atoms with van der Waals surface area (Å²) in [6.07, 6.45) is 7.39. The molecule has 17 heavy (non-hydrogen) atoms. The molecule has 0 aliphatic carbocycles. The first-order valence-electron chi connectivity index (χ1n) is 5.32. The van der Waals surface area contributed by atoms with Crippen molar-refractivity contribution in [2.24, 2.45) is 0 Å². The maximum Gasteiger partial charge on any atom is 0.113 e. The van der Waals surface area contributed by atoms with Crippen LogP contribution in [-0.4, -0.2) is 20.0 Å². The van der Waals surface area contributed by atoms with Gasteiger partial charge in [-0.05, 0) is 29.8 Å². The van der Waals surface area contributed by atoms with Gasteiger partial charge in [0.25, 0.3) is 0 Å². The summed E-state index contributed by atoms with van der Waals surface area (Å²) in [6, 6.07) is 11.7. The fourth-order valence-electron chi connectivity index (χ4n) is 1.63. The van der Waals surface area contributed by atoms with Crippen LogP contribution in [0, 0.1) is 0 Å². The lowest BCUT2D eigenvalue weighted by Gasteiger charge is -1.93. The van der Waals surface area contributed by atoms with E-state index in [2.05, 4.69) is 15.3 Å². The average Bonchev–Trinajstić information content (AvgIpc) is 2.81. The number of nitrogens with zero attached hydrogens (tertiary/aromatic N) is 4. The van der Waals surface area contributed by atoms with E-state index in [9.17, 15) is 0 Å². The summed E-state index contributed by atoms with van der Waals surface area (Å²) in [7, 11) is 0. The van der Waals surface area contributed by atoms with E-state index in [-0.39, 0.29) is 0 Å². The molecule has 3 rings (SSSR count). The molecule has 2 aromatic heterocycles. The van der Waals surface area contributed by atoms with Crippen LogP contribution in [-0.2, 0) is 0 Å². The van der Waals surface area contributed by atoms with Crippen LogP contribution in [0.5, 0.6) is 0 Å². The summed E-state index contributed by atoms with van der Waals surface area (Å²) in [6.45, 7) is 0. The first-order chi connectivity index (χ1) is 8.43. The van der Waals surface area contributed by atoms with Gasteiger partial charge in [0.1, 0.15) is 5.52 Å². The smallest absolute Gasteiger partial charge is 0.113 e. The third kappa shape index (κ3) is 1.92. The molecule has 82 valence electrons. The summed E-state index contributed by atoms with van der Waals surface area (Å²) in [4.78, 5) is 4.05. The van der Waals surface area contributed by atoms with Crippen molar-refractivity contribution in [1.29, 1.82) is 0 Å². The minimum atomic E-state index is 0.892. The average molecular weight is 222 g/mol. The van der Waals surface area contributed by atoms with Crippen LogP contribution in [0.25, 0.3) is 23.3 Å². The lowest BCUT2D eigenvalue weighted by Crippen LogP contribution is -1.88. The summed E-state index contributed by atoms with van der Waals surface area (Å²) in [5.74, 6) is 0. The lowest BCUT2D eigenvalue weighted by molar-refractivity contribution is 0.863. The molecule has 0 atom stereocenters. The number of aromatic nitrogens is 4. The zero-order valence-corrected chi connectivity index (χ0v) is 9.06. The van der Waals surface area contributed by atoms with Crippen LogP contribution in [0.4, 0.5) is 0 Å². The Labute approximate surface area is 98.2 Å². The van der Waals surface area contributed by atoms with E-state index in [1.165, 1.54) is 0 Å². The van der Waals surface area contributed by atoms with Gasteiger partial charge in [0.05, 0.1) is 5.52 Å². The Morgan fingerprint density at radius 3 is 2.88 bits per heavy atom. The number of fused-ring (bicyclic) bond motifs is 1. The fourth-order valence-corrected chi connectivity index (χ4v) is 1.63. The second kappa shape index (κ2) is 4.17. The Morgan fingerprint density at radius 2 is 2.00 bits per heavy atom. The number of benzene rings is 1. The van der Waals surface area contributed by atoms with Crippen LogP contribution in [0.1, 0.15) is 5.56 Å². The predicted octanol–water partition coefficient (Wildman–Crippen LogP) is 2.45. The Bertz CT molecular complexity index is 655. The topological polar surface area (TPSA) is 43.6 Å². The van der Waals surface area contributed by atoms with Crippen molar-refractivity contribution < 1.29 is 0 Å². The second-order valence-corrected chi connectivity index (χ2v) is 3.62. The zero-order chi connectivity index (χ0) is 11.5. The van der Waals surface area contributed by atoms with Crippen molar-refractivity contribution in [3.8, 4) is 0 Å². The van der Waals surface area contributed by atoms with Crippen LogP contribution in [0.15, 0.2) is 48.8 Å². The van der Waals surface area contributed by atoms with Gasteiger partial charge in [0.15, 0.2) is 0 Å². The molecular formula is C13H10N4. The Balaban J connectivity index is 1.98. The largest absolute Gasteiger partial charge is 0.264 e. The highest BCUT2D eigenvalue weighted by Gasteiger charge is 1.99. The number of pyridine rings is 1. The molecule has 0 spiro atoms. The van der Waals surface area contributed by atoms with E-state index in [4.69, 9.17) is 0 Å². The Kier molecular flexibility index (Phi) is 2.38.